The van der Waals surface area contributed by atoms with Gasteiger partial charge in [-0.15, -0.1) is 11.3 Å². The normalized spacial score (nSPS) is 9.27. The second kappa shape index (κ2) is 3.59. The van der Waals surface area contributed by atoms with Crippen molar-refractivity contribution in [3.05, 3.63) is 16.5 Å². The van der Waals surface area contributed by atoms with E-state index in [1.165, 1.54) is 18.4 Å². The van der Waals surface area contributed by atoms with Crippen molar-refractivity contribution in [1.29, 1.82) is 0 Å². The maximum absolute atomic E-state index is 10.6. The van der Waals surface area contributed by atoms with E-state index in [9.17, 15) is 4.79 Å². The minimum absolute atomic E-state index is 0.483. The summed E-state index contributed by atoms with van der Waals surface area (Å²) in [7, 11) is 1.31. The van der Waals surface area contributed by atoms with E-state index < -0.39 is 6.09 Å². The Morgan fingerprint density at radius 3 is 2.91 bits per heavy atom. The molecule has 1 rings (SSSR count). The Morgan fingerprint density at radius 2 is 2.45 bits per heavy atom. The summed E-state index contributed by atoms with van der Waals surface area (Å²) >= 11 is 6.90. The van der Waals surface area contributed by atoms with Gasteiger partial charge in [-0.25, -0.2) is 4.79 Å². The van der Waals surface area contributed by atoms with E-state index in [4.69, 9.17) is 11.6 Å². The number of anilines is 1. The molecule has 0 saturated carbocycles. The predicted molar refractivity (Wildman–Crippen MR) is 45.4 cm³/mol. The highest BCUT2D eigenvalue weighted by molar-refractivity contribution is 7.20. The van der Waals surface area contributed by atoms with Crippen molar-refractivity contribution in [2.45, 2.75) is 0 Å². The van der Waals surface area contributed by atoms with Crippen LogP contribution in [-0.2, 0) is 4.74 Å². The van der Waals surface area contributed by atoms with Crippen LogP contribution in [0.1, 0.15) is 0 Å². The molecule has 0 fully saturated rings. The zero-order valence-electron chi connectivity index (χ0n) is 5.76. The van der Waals surface area contributed by atoms with E-state index in [0.29, 0.717) is 9.34 Å². The molecule has 1 aromatic rings. The minimum Gasteiger partial charge on any atom is -0.453 e. The van der Waals surface area contributed by atoms with E-state index in [-0.39, 0.29) is 0 Å². The number of rotatable bonds is 1. The van der Waals surface area contributed by atoms with Gasteiger partial charge in [-0.05, 0) is 12.1 Å². The molecule has 0 bridgehead atoms. The van der Waals surface area contributed by atoms with Crippen molar-refractivity contribution < 1.29 is 9.53 Å². The van der Waals surface area contributed by atoms with Crippen LogP contribution in [0.2, 0.25) is 4.34 Å². The van der Waals surface area contributed by atoms with Crippen LogP contribution in [0, 0.1) is 0 Å². The number of amides is 1. The molecule has 5 heteroatoms. The number of methoxy groups -OCH3 is 1. The maximum atomic E-state index is 10.6. The van der Waals surface area contributed by atoms with Crippen LogP contribution in [0.15, 0.2) is 12.1 Å². The molecule has 0 atom stereocenters. The molecule has 1 heterocycles. The first-order valence-corrected chi connectivity index (χ1v) is 4.02. The van der Waals surface area contributed by atoms with Crippen LogP contribution in [0.5, 0.6) is 0 Å². The Hall–Kier alpha value is -0.740. The van der Waals surface area contributed by atoms with Gasteiger partial charge < -0.3 is 4.74 Å². The molecule has 3 nitrogen and oxygen atoms in total. The predicted octanol–water partition coefficient (Wildman–Crippen LogP) is 2.58. The van der Waals surface area contributed by atoms with Gasteiger partial charge in [-0.3, -0.25) is 5.32 Å². The third-order valence-electron chi connectivity index (χ3n) is 0.984. The maximum Gasteiger partial charge on any atom is 0.411 e. The lowest BCUT2D eigenvalue weighted by molar-refractivity contribution is 0.187. The lowest BCUT2D eigenvalue weighted by Crippen LogP contribution is -2.09. The van der Waals surface area contributed by atoms with Crippen molar-refractivity contribution in [2.24, 2.45) is 0 Å². The molecule has 1 N–H and O–H groups in total. The fourth-order valence-electron chi connectivity index (χ4n) is 0.533. The Bertz CT molecular complexity index is 261. The minimum atomic E-state index is -0.483. The molecule has 0 aromatic carbocycles. The number of halogens is 1. The van der Waals surface area contributed by atoms with Crippen LogP contribution in [0.3, 0.4) is 0 Å². The van der Waals surface area contributed by atoms with Gasteiger partial charge in [-0.2, -0.15) is 0 Å². The monoisotopic (exact) mass is 191 g/mol. The highest BCUT2D eigenvalue weighted by Crippen LogP contribution is 2.25. The molecule has 60 valence electrons. The van der Waals surface area contributed by atoms with E-state index >= 15 is 0 Å². The molecule has 0 saturated heterocycles. The number of thiophene rings is 1. The van der Waals surface area contributed by atoms with E-state index in [1.807, 2.05) is 0 Å². The molecule has 0 aliphatic carbocycles. The molecule has 0 radical (unpaired) electrons. The molecule has 0 spiro atoms. The fraction of sp³-hybridized carbons (Fsp3) is 0.167. The largest absolute Gasteiger partial charge is 0.453 e. The van der Waals surface area contributed by atoms with Crippen LogP contribution in [0.25, 0.3) is 0 Å². The standard InChI is InChI=1S/C6H6ClNO2S/c1-10-6(9)8-5-3-2-4(7)11-5/h2-3H,1H3,(H,8,9). The van der Waals surface area contributed by atoms with Crippen LogP contribution >= 0.6 is 22.9 Å². The van der Waals surface area contributed by atoms with Crippen LogP contribution in [0.4, 0.5) is 9.80 Å². The van der Waals surface area contributed by atoms with Gasteiger partial charge in [0.25, 0.3) is 0 Å². The number of carbonyl (C=O) groups is 1. The number of hydrogen-bond acceptors (Lipinski definition) is 3. The molecule has 0 aliphatic heterocycles. The van der Waals surface area contributed by atoms with Crippen molar-refractivity contribution in [2.75, 3.05) is 12.4 Å². The first kappa shape index (κ1) is 8.36. The Morgan fingerprint density at radius 1 is 1.73 bits per heavy atom. The Kier molecular flexibility index (Phi) is 2.73. The summed E-state index contributed by atoms with van der Waals surface area (Å²) in [5, 5.41) is 3.17. The molecule has 0 unspecified atom stereocenters. The summed E-state index contributed by atoms with van der Waals surface area (Å²) in [6, 6.07) is 3.42. The zero-order valence-corrected chi connectivity index (χ0v) is 7.33. The summed E-state index contributed by atoms with van der Waals surface area (Å²) in [6.07, 6.45) is -0.483. The van der Waals surface area contributed by atoms with E-state index in [1.54, 1.807) is 12.1 Å². The Balaban J connectivity index is 2.57. The first-order chi connectivity index (χ1) is 5.22. The second-order valence-electron chi connectivity index (χ2n) is 1.72. The summed E-state index contributed by atoms with van der Waals surface area (Å²) in [5.41, 5.74) is 0. The first-order valence-electron chi connectivity index (χ1n) is 2.82. The molecular weight excluding hydrogens is 186 g/mol. The van der Waals surface area contributed by atoms with Gasteiger partial charge in [0, 0.05) is 0 Å². The third kappa shape index (κ3) is 2.40. The van der Waals surface area contributed by atoms with Gasteiger partial charge in [0.1, 0.15) is 0 Å². The quantitative estimate of drug-likeness (QED) is 0.741. The lowest BCUT2D eigenvalue weighted by atomic mass is 10.6. The van der Waals surface area contributed by atoms with Crippen molar-refractivity contribution in [3.8, 4) is 0 Å². The zero-order chi connectivity index (χ0) is 8.27. The topological polar surface area (TPSA) is 38.3 Å². The third-order valence-corrected chi connectivity index (χ3v) is 2.13. The summed E-state index contributed by atoms with van der Waals surface area (Å²) in [5.74, 6) is 0. The smallest absolute Gasteiger partial charge is 0.411 e. The molecule has 1 aromatic heterocycles. The van der Waals surface area contributed by atoms with E-state index in [0.717, 1.165) is 0 Å². The highest BCUT2D eigenvalue weighted by Gasteiger charge is 2.01. The van der Waals surface area contributed by atoms with Gasteiger partial charge >= 0.3 is 6.09 Å². The lowest BCUT2D eigenvalue weighted by Gasteiger charge is -1.97. The molecule has 11 heavy (non-hydrogen) atoms. The number of ether oxygens (including phenoxy) is 1. The molecule has 1 amide bonds. The van der Waals surface area contributed by atoms with Gasteiger partial charge in [-0.1, -0.05) is 11.6 Å². The van der Waals surface area contributed by atoms with Crippen molar-refractivity contribution >= 4 is 34.0 Å². The number of hydrogen-bond donors (Lipinski definition) is 1. The average molecular weight is 192 g/mol. The van der Waals surface area contributed by atoms with E-state index in [2.05, 4.69) is 10.1 Å². The van der Waals surface area contributed by atoms with Crippen molar-refractivity contribution in [3.63, 3.8) is 0 Å². The number of carbonyl (C=O) groups excluding carboxylic acids is 1. The fourth-order valence-corrected chi connectivity index (χ4v) is 1.46. The number of nitrogens with one attached hydrogen (secondary N) is 1. The van der Waals surface area contributed by atoms with Gasteiger partial charge in [0.05, 0.1) is 16.4 Å². The van der Waals surface area contributed by atoms with Crippen molar-refractivity contribution in [1.82, 2.24) is 0 Å². The van der Waals surface area contributed by atoms with Crippen LogP contribution < -0.4 is 5.32 Å². The van der Waals surface area contributed by atoms with Gasteiger partial charge in [0.2, 0.25) is 0 Å². The summed E-state index contributed by atoms with van der Waals surface area (Å²) < 4.78 is 5.01. The molecular formula is C6H6ClNO2S. The SMILES string of the molecule is COC(=O)Nc1ccc(Cl)s1. The summed E-state index contributed by atoms with van der Waals surface area (Å²) in [4.78, 5) is 10.6. The summed E-state index contributed by atoms with van der Waals surface area (Å²) in [6.45, 7) is 0. The highest BCUT2D eigenvalue weighted by atomic mass is 35.5. The van der Waals surface area contributed by atoms with Crippen LogP contribution in [-0.4, -0.2) is 13.2 Å². The molecule has 0 aliphatic rings. The average Bonchev–Trinajstić information content (AvgIpc) is 2.35. The second-order valence-corrected chi connectivity index (χ2v) is 3.44. The van der Waals surface area contributed by atoms with Gasteiger partial charge in [0.15, 0.2) is 0 Å². The Labute approximate surface area is 72.9 Å².